The summed E-state index contributed by atoms with van der Waals surface area (Å²) in [6.45, 7) is 4.36. The summed E-state index contributed by atoms with van der Waals surface area (Å²) in [4.78, 5) is 20.7. The van der Waals surface area contributed by atoms with Crippen LogP contribution in [0.1, 0.15) is 24.1 Å². The average Bonchev–Trinajstić information content (AvgIpc) is 3.53. The normalized spacial score (nSPS) is 27.5. The highest BCUT2D eigenvalue weighted by Crippen LogP contribution is 2.44. The van der Waals surface area contributed by atoms with Crippen LogP contribution >= 0.6 is 0 Å². The quantitative estimate of drug-likeness (QED) is 0.713. The van der Waals surface area contributed by atoms with E-state index >= 15 is 0 Å². The van der Waals surface area contributed by atoms with Crippen molar-refractivity contribution in [2.24, 2.45) is 11.3 Å². The Hall–Kier alpha value is -2.70. The molecular formula is C25H28N4O2. The Morgan fingerprint density at radius 2 is 1.90 bits per heavy atom. The molecule has 0 radical (unpaired) electrons. The zero-order valence-corrected chi connectivity index (χ0v) is 17.7. The van der Waals surface area contributed by atoms with Crippen LogP contribution in [0.25, 0.3) is 5.65 Å². The van der Waals surface area contributed by atoms with Gasteiger partial charge in [-0.15, -0.1) is 0 Å². The van der Waals surface area contributed by atoms with Crippen LogP contribution in [0.5, 0.6) is 0 Å². The lowest BCUT2D eigenvalue weighted by molar-refractivity contribution is -0.144. The fourth-order valence-corrected chi connectivity index (χ4v) is 5.91. The van der Waals surface area contributed by atoms with Gasteiger partial charge in [0.2, 0.25) is 5.91 Å². The number of aromatic nitrogens is 2. The minimum absolute atomic E-state index is 0.179. The lowest BCUT2D eigenvalue weighted by Gasteiger charge is -2.43. The lowest BCUT2D eigenvalue weighted by atomic mass is 9.70. The molecular weight excluding hydrogens is 388 g/mol. The van der Waals surface area contributed by atoms with Gasteiger partial charge in [-0.3, -0.25) is 4.79 Å². The van der Waals surface area contributed by atoms with Crippen molar-refractivity contribution in [3.63, 3.8) is 0 Å². The van der Waals surface area contributed by atoms with Crippen LogP contribution in [-0.4, -0.2) is 59.6 Å². The number of likely N-dealkylation sites (tertiary alicyclic amines) is 1. The first kappa shape index (κ1) is 19.0. The van der Waals surface area contributed by atoms with E-state index in [0.29, 0.717) is 19.1 Å². The summed E-state index contributed by atoms with van der Waals surface area (Å²) in [5.41, 5.74) is 2.80. The topological polar surface area (TPSA) is 58.9 Å². The largest absolute Gasteiger partial charge is 0.380 e. The maximum atomic E-state index is 13.6. The van der Waals surface area contributed by atoms with Gasteiger partial charge in [-0.05, 0) is 30.5 Å². The van der Waals surface area contributed by atoms with E-state index in [4.69, 9.17) is 9.72 Å². The minimum Gasteiger partial charge on any atom is -0.380 e. The second kappa shape index (κ2) is 7.18. The summed E-state index contributed by atoms with van der Waals surface area (Å²) in [7, 11) is 0. The molecule has 6 rings (SSSR count). The molecule has 1 aromatic carbocycles. The Morgan fingerprint density at radius 1 is 1.10 bits per heavy atom. The lowest BCUT2D eigenvalue weighted by Crippen LogP contribution is -2.53. The Bertz CT molecular complexity index is 1060. The molecule has 0 aliphatic carbocycles. The highest BCUT2D eigenvalue weighted by atomic mass is 16.5. The van der Waals surface area contributed by atoms with Crippen LogP contribution in [0.15, 0.2) is 60.9 Å². The number of carbonyl (C=O) groups excluding carboxylic acids is 1. The van der Waals surface area contributed by atoms with Gasteiger partial charge < -0.3 is 19.4 Å². The molecule has 31 heavy (non-hydrogen) atoms. The predicted octanol–water partition coefficient (Wildman–Crippen LogP) is 2.48. The number of ether oxygens (including phenoxy) is 1. The van der Waals surface area contributed by atoms with E-state index in [1.165, 1.54) is 5.56 Å². The molecule has 3 aliphatic rings. The fraction of sp³-hybridized carbons (Fsp3) is 0.440. The molecule has 5 heterocycles. The second-order valence-electron chi connectivity index (χ2n) is 9.33. The molecule has 3 saturated heterocycles. The first-order chi connectivity index (χ1) is 15.2. The number of hydrogen-bond donors (Lipinski definition) is 1. The number of nitrogens with zero attached hydrogens (tertiary/aromatic N) is 3. The minimum atomic E-state index is -0.365. The maximum absolute atomic E-state index is 13.6. The third-order valence-corrected chi connectivity index (χ3v) is 7.80. The zero-order valence-electron chi connectivity index (χ0n) is 17.7. The Kier molecular flexibility index (Phi) is 4.40. The van der Waals surface area contributed by atoms with Gasteiger partial charge in [0, 0.05) is 49.9 Å². The van der Waals surface area contributed by atoms with Gasteiger partial charge in [0.15, 0.2) is 0 Å². The number of carbonyl (C=O) groups is 1. The van der Waals surface area contributed by atoms with Crippen LogP contribution in [0.2, 0.25) is 0 Å². The molecule has 0 spiro atoms. The van der Waals surface area contributed by atoms with Crippen molar-refractivity contribution >= 4 is 11.6 Å². The molecule has 0 bridgehead atoms. The van der Waals surface area contributed by atoms with Crippen LogP contribution in [0.4, 0.5) is 0 Å². The van der Waals surface area contributed by atoms with E-state index < -0.39 is 0 Å². The van der Waals surface area contributed by atoms with Gasteiger partial charge >= 0.3 is 0 Å². The molecule has 3 aromatic rings. The zero-order chi connectivity index (χ0) is 20.9. The maximum Gasteiger partial charge on any atom is 0.232 e. The Morgan fingerprint density at radius 3 is 2.71 bits per heavy atom. The SMILES string of the molecule is O=C(N1CCC(c2ccccc2)(c2cn3ccccc3n2)CC1)[C@]12CNC[C@H]1COC2. The van der Waals surface area contributed by atoms with Crippen LogP contribution in [-0.2, 0) is 14.9 Å². The monoisotopic (exact) mass is 416 g/mol. The van der Waals surface area contributed by atoms with Crippen LogP contribution in [0, 0.1) is 11.3 Å². The third-order valence-electron chi connectivity index (χ3n) is 7.80. The predicted molar refractivity (Wildman–Crippen MR) is 118 cm³/mol. The van der Waals surface area contributed by atoms with E-state index in [0.717, 1.165) is 50.4 Å². The van der Waals surface area contributed by atoms with Gasteiger partial charge in [0.1, 0.15) is 5.65 Å². The van der Waals surface area contributed by atoms with E-state index in [1.54, 1.807) is 0 Å². The molecule has 3 aliphatic heterocycles. The number of nitrogens with one attached hydrogen (secondary N) is 1. The van der Waals surface area contributed by atoms with Gasteiger partial charge in [-0.25, -0.2) is 4.98 Å². The smallest absolute Gasteiger partial charge is 0.232 e. The summed E-state index contributed by atoms with van der Waals surface area (Å²) in [5, 5.41) is 3.43. The molecule has 6 nitrogen and oxygen atoms in total. The van der Waals surface area contributed by atoms with Crippen molar-refractivity contribution in [3.05, 3.63) is 72.2 Å². The van der Waals surface area contributed by atoms with E-state index in [9.17, 15) is 4.79 Å². The van der Waals surface area contributed by atoms with E-state index in [-0.39, 0.29) is 16.7 Å². The highest BCUT2D eigenvalue weighted by molar-refractivity contribution is 5.84. The van der Waals surface area contributed by atoms with E-state index in [1.807, 2.05) is 18.2 Å². The average molecular weight is 417 g/mol. The summed E-state index contributed by atoms with van der Waals surface area (Å²) >= 11 is 0. The van der Waals surface area contributed by atoms with E-state index in [2.05, 4.69) is 57.3 Å². The standard InChI is InChI=1S/C25H28N4O2/c30-23(25-17-26-14-20(25)16-31-18-25)28-12-9-24(10-13-28,19-6-2-1-3-7-19)21-15-29-11-5-4-8-22(29)27-21/h1-8,11,15,20,26H,9-10,12-14,16-18H2/t20-,25-/m0/s1. The number of imidazole rings is 1. The number of rotatable bonds is 3. The first-order valence-corrected chi connectivity index (χ1v) is 11.3. The molecule has 0 unspecified atom stereocenters. The number of piperidine rings is 1. The van der Waals surface area contributed by atoms with Crippen LogP contribution in [0.3, 0.4) is 0 Å². The summed E-state index contributed by atoms with van der Waals surface area (Å²) in [6.07, 6.45) is 5.97. The van der Waals surface area contributed by atoms with Crippen molar-refractivity contribution in [1.82, 2.24) is 19.6 Å². The molecule has 3 fully saturated rings. The van der Waals surface area contributed by atoms with Crippen molar-refractivity contribution in [1.29, 1.82) is 0 Å². The molecule has 2 atom stereocenters. The molecule has 160 valence electrons. The van der Waals surface area contributed by atoms with Crippen molar-refractivity contribution in [3.8, 4) is 0 Å². The highest BCUT2D eigenvalue weighted by Gasteiger charge is 2.55. The van der Waals surface area contributed by atoms with Gasteiger partial charge in [0.25, 0.3) is 0 Å². The third kappa shape index (κ3) is 2.85. The molecule has 1 N–H and O–H groups in total. The molecule has 2 aromatic heterocycles. The first-order valence-electron chi connectivity index (χ1n) is 11.3. The number of pyridine rings is 1. The van der Waals surface area contributed by atoms with Gasteiger partial charge in [-0.1, -0.05) is 36.4 Å². The number of hydrogen-bond acceptors (Lipinski definition) is 4. The van der Waals surface area contributed by atoms with Crippen molar-refractivity contribution in [2.75, 3.05) is 39.4 Å². The fourth-order valence-electron chi connectivity index (χ4n) is 5.91. The summed E-state index contributed by atoms with van der Waals surface area (Å²) in [6, 6.07) is 16.8. The van der Waals surface area contributed by atoms with Gasteiger partial charge in [-0.2, -0.15) is 0 Å². The molecule has 0 saturated carbocycles. The number of amides is 1. The van der Waals surface area contributed by atoms with Crippen LogP contribution < -0.4 is 5.32 Å². The van der Waals surface area contributed by atoms with Crippen molar-refractivity contribution in [2.45, 2.75) is 18.3 Å². The second-order valence-corrected chi connectivity index (χ2v) is 9.33. The summed E-state index contributed by atoms with van der Waals surface area (Å²) < 4.78 is 7.84. The number of benzene rings is 1. The number of fused-ring (bicyclic) bond motifs is 2. The summed E-state index contributed by atoms with van der Waals surface area (Å²) in [5.74, 6) is 0.580. The molecule has 1 amide bonds. The Balaban J connectivity index is 1.33. The Labute approximate surface area is 182 Å². The van der Waals surface area contributed by atoms with Crippen molar-refractivity contribution < 1.29 is 9.53 Å². The van der Waals surface area contributed by atoms with Gasteiger partial charge in [0.05, 0.1) is 24.3 Å². The molecule has 6 heteroatoms.